The number of carbonyl (C=O) groups is 1. The van der Waals surface area contributed by atoms with Gasteiger partial charge in [0.15, 0.2) is 11.5 Å². The summed E-state index contributed by atoms with van der Waals surface area (Å²) in [5.41, 5.74) is 1.15. The van der Waals surface area contributed by atoms with E-state index in [1.165, 1.54) is 25.7 Å². The van der Waals surface area contributed by atoms with Gasteiger partial charge in [0.1, 0.15) is 0 Å². The minimum atomic E-state index is 0.129. The molecule has 1 N–H and O–H groups in total. The molecule has 1 aliphatic carbocycles. The Morgan fingerprint density at radius 1 is 1.23 bits per heavy atom. The Balaban J connectivity index is 1.63. The van der Waals surface area contributed by atoms with Gasteiger partial charge in [-0.05, 0) is 30.0 Å². The highest BCUT2D eigenvalue weighted by Crippen LogP contribution is 2.34. The van der Waals surface area contributed by atoms with E-state index in [1.54, 1.807) is 7.11 Å². The highest BCUT2D eigenvalue weighted by Gasteiger charge is 2.24. The number of hydrogen-bond acceptors (Lipinski definition) is 3. The van der Waals surface area contributed by atoms with Crippen LogP contribution >= 0.6 is 0 Å². The van der Waals surface area contributed by atoms with Crippen LogP contribution in [0.1, 0.15) is 50.0 Å². The Hall–Kier alpha value is -1.71. The first-order chi connectivity index (χ1) is 10.8. The van der Waals surface area contributed by atoms with Gasteiger partial charge in [-0.25, -0.2) is 0 Å². The topological polar surface area (TPSA) is 47.6 Å². The lowest BCUT2D eigenvalue weighted by Gasteiger charge is -2.16. The van der Waals surface area contributed by atoms with Gasteiger partial charge in [-0.3, -0.25) is 4.79 Å². The number of methoxy groups -OCH3 is 1. The molecule has 1 unspecified atom stereocenters. The first-order valence-corrected chi connectivity index (χ1v) is 8.33. The van der Waals surface area contributed by atoms with Gasteiger partial charge in [0.2, 0.25) is 5.91 Å². The molecule has 1 aliphatic heterocycles. The van der Waals surface area contributed by atoms with Crippen LogP contribution in [0.25, 0.3) is 0 Å². The van der Waals surface area contributed by atoms with Gasteiger partial charge in [0, 0.05) is 18.9 Å². The fourth-order valence-electron chi connectivity index (χ4n) is 3.54. The monoisotopic (exact) mass is 303 g/mol. The minimum Gasteiger partial charge on any atom is -0.493 e. The van der Waals surface area contributed by atoms with Crippen LogP contribution in [0.2, 0.25) is 0 Å². The molecule has 2 fully saturated rings. The highest BCUT2D eigenvalue weighted by atomic mass is 16.5. The summed E-state index contributed by atoms with van der Waals surface area (Å²) in [7, 11) is 1.67. The zero-order valence-corrected chi connectivity index (χ0v) is 13.3. The molecular weight excluding hydrogens is 278 g/mol. The SMILES string of the molecule is COc1ccc(C2CNC(=O)C2)cc1OCCC1CCCC1. The van der Waals surface area contributed by atoms with Crippen LogP contribution < -0.4 is 14.8 Å². The van der Waals surface area contributed by atoms with E-state index in [4.69, 9.17) is 9.47 Å². The number of hydrogen-bond donors (Lipinski definition) is 1. The van der Waals surface area contributed by atoms with Crippen LogP contribution in [0, 0.1) is 5.92 Å². The molecule has 1 heterocycles. The molecule has 1 aromatic carbocycles. The van der Waals surface area contributed by atoms with Crippen molar-refractivity contribution in [2.75, 3.05) is 20.3 Å². The first kappa shape index (κ1) is 15.2. The molecule has 1 saturated heterocycles. The number of nitrogens with one attached hydrogen (secondary N) is 1. The van der Waals surface area contributed by atoms with Crippen LogP contribution in [0.15, 0.2) is 18.2 Å². The molecule has 2 aliphatic rings. The van der Waals surface area contributed by atoms with Gasteiger partial charge in [-0.1, -0.05) is 31.7 Å². The lowest BCUT2D eigenvalue weighted by molar-refractivity contribution is -0.119. The minimum absolute atomic E-state index is 0.129. The predicted octanol–water partition coefficient (Wildman–Crippen LogP) is 3.26. The molecule has 1 atom stereocenters. The second-order valence-corrected chi connectivity index (χ2v) is 6.40. The summed E-state index contributed by atoms with van der Waals surface area (Å²) >= 11 is 0. The number of ether oxygens (including phenoxy) is 2. The molecule has 4 nitrogen and oxygen atoms in total. The van der Waals surface area contributed by atoms with Crippen LogP contribution in [-0.2, 0) is 4.79 Å². The zero-order valence-electron chi connectivity index (χ0n) is 13.3. The summed E-state index contributed by atoms with van der Waals surface area (Å²) in [5.74, 6) is 2.77. The molecule has 22 heavy (non-hydrogen) atoms. The standard InChI is InChI=1S/C18H25NO3/c1-21-16-7-6-14(15-11-18(20)19-12-15)10-17(16)22-9-8-13-4-2-3-5-13/h6-7,10,13,15H,2-5,8-9,11-12H2,1H3,(H,19,20). The molecule has 1 amide bonds. The van der Waals surface area contributed by atoms with E-state index in [1.807, 2.05) is 18.2 Å². The summed E-state index contributed by atoms with van der Waals surface area (Å²) in [4.78, 5) is 11.4. The van der Waals surface area contributed by atoms with Crippen molar-refractivity contribution in [2.24, 2.45) is 5.92 Å². The quantitative estimate of drug-likeness (QED) is 0.877. The maximum Gasteiger partial charge on any atom is 0.220 e. The molecule has 0 aromatic heterocycles. The molecule has 0 bridgehead atoms. The first-order valence-electron chi connectivity index (χ1n) is 8.33. The molecule has 1 aromatic rings. The lowest BCUT2D eigenvalue weighted by atomic mass is 9.98. The van der Waals surface area contributed by atoms with Crippen molar-refractivity contribution in [3.8, 4) is 11.5 Å². The van der Waals surface area contributed by atoms with Crippen molar-refractivity contribution >= 4 is 5.91 Å². The summed E-state index contributed by atoms with van der Waals surface area (Å²) < 4.78 is 11.4. The Morgan fingerprint density at radius 3 is 2.73 bits per heavy atom. The predicted molar refractivity (Wildman–Crippen MR) is 85.4 cm³/mol. The van der Waals surface area contributed by atoms with Crippen LogP contribution in [0.5, 0.6) is 11.5 Å². The number of rotatable bonds is 6. The Bertz CT molecular complexity index is 523. The summed E-state index contributed by atoms with van der Waals surface area (Å²) in [6, 6.07) is 6.02. The normalized spacial score (nSPS) is 21.9. The third kappa shape index (κ3) is 3.54. The van der Waals surface area contributed by atoms with Crippen molar-refractivity contribution in [1.82, 2.24) is 5.32 Å². The van der Waals surface area contributed by atoms with Gasteiger partial charge in [-0.2, -0.15) is 0 Å². The smallest absolute Gasteiger partial charge is 0.220 e. The van der Waals surface area contributed by atoms with E-state index >= 15 is 0 Å². The average Bonchev–Trinajstić information content (AvgIpc) is 3.19. The van der Waals surface area contributed by atoms with E-state index in [0.717, 1.165) is 36.0 Å². The van der Waals surface area contributed by atoms with Gasteiger partial charge < -0.3 is 14.8 Å². The van der Waals surface area contributed by atoms with E-state index in [-0.39, 0.29) is 11.8 Å². The Morgan fingerprint density at radius 2 is 2.05 bits per heavy atom. The summed E-state index contributed by atoms with van der Waals surface area (Å²) in [6.07, 6.45) is 7.11. The van der Waals surface area contributed by atoms with Crippen molar-refractivity contribution in [1.29, 1.82) is 0 Å². The molecular formula is C18H25NO3. The zero-order chi connectivity index (χ0) is 15.4. The molecule has 120 valence electrons. The molecule has 4 heteroatoms. The summed E-state index contributed by atoms with van der Waals surface area (Å²) in [5, 5.41) is 2.89. The van der Waals surface area contributed by atoms with Crippen molar-refractivity contribution in [3.05, 3.63) is 23.8 Å². The second-order valence-electron chi connectivity index (χ2n) is 6.40. The maximum absolute atomic E-state index is 11.4. The van der Waals surface area contributed by atoms with Crippen molar-refractivity contribution < 1.29 is 14.3 Å². The van der Waals surface area contributed by atoms with Crippen LogP contribution in [-0.4, -0.2) is 26.2 Å². The summed E-state index contributed by atoms with van der Waals surface area (Å²) in [6.45, 7) is 1.46. The van der Waals surface area contributed by atoms with Crippen LogP contribution in [0.3, 0.4) is 0 Å². The van der Waals surface area contributed by atoms with E-state index in [0.29, 0.717) is 13.0 Å². The lowest BCUT2D eigenvalue weighted by Crippen LogP contribution is -2.13. The third-order valence-electron chi connectivity index (χ3n) is 4.89. The Kier molecular flexibility index (Phi) is 4.86. The second kappa shape index (κ2) is 7.03. The van der Waals surface area contributed by atoms with Crippen molar-refractivity contribution in [2.45, 2.75) is 44.4 Å². The Labute approximate surface area is 132 Å². The molecule has 0 spiro atoms. The molecule has 3 rings (SSSR count). The van der Waals surface area contributed by atoms with Gasteiger partial charge in [-0.15, -0.1) is 0 Å². The molecule has 0 radical (unpaired) electrons. The number of amides is 1. The van der Waals surface area contributed by atoms with E-state index in [9.17, 15) is 4.79 Å². The maximum atomic E-state index is 11.4. The number of benzene rings is 1. The van der Waals surface area contributed by atoms with Gasteiger partial charge >= 0.3 is 0 Å². The number of carbonyl (C=O) groups excluding carboxylic acids is 1. The fraction of sp³-hybridized carbons (Fsp3) is 0.611. The van der Waals surface area contributed by atoms with E-state index < -0.39 is 0 Å². The fourth-order valence-corrected chi connectivity index (χ4v) is 3.54. The highest BCUT2D eigenvalue weighted by molar-refractivity contribution is 5.79. The molecule has 1 saturated carbocycles. The average molecular weight is 303 g/mol. The van der Waals surface area contributed by atoms with Crippen molar-refractivity contribution in [3.63, 3.8) is 0 Å². The third-order valence-corrected chi connectivity index (χ3v) is 4.89. The van der Waals surface area contributed by atoms with Gasteiger partial charge in [0.05, 0.1) is 13.7 Å². The van der Waals surface area contributed by atoms with E-state index in [2.05, 4.69) is 5.32 Å². The van der Waals surface area contributed by atoms with Gasteiger partial charge in [0.25, 0.3) is 0 Å². The largest absolute Gasteiger partial charge is 0.493 e. The van der Waals surface area contributed by atoms with Crippen LogP contribution in [0.4, 0.5) is 0 Å².